The highest BCUT2D eigenvalue weighted by Gasteiger charge is 2.28. The number of carbonyl (C=O) groups is 1. The van der Waals surface area contributed by atoms with E-state index < -0.39 is 0 Å². The zero-order chi connectivity index (χ0) is 14.7. The second-order valence-electron chi connectivity index (χ2n) is 5.46. The molecule has 2 aliphatic rings. The molecule has 0 N–H and O–H groups in total. The molecule has 2 aliphatic heterocycles. The Hall–Kier alpha value is -1.17. The summed E-state index contributed by atoms with van der Waals surface area (Å²) < 4.78 is 11.3. The lowest BCUT2D eigenvalue weighted by Gasteiger charge is -2.33. The average Bonchev–Trinajstić information content (AvgIpc) is 3.01. The standard InChI is InChI=1S/C15H19ClN2O3/c16-14-13(2-1-6-17-14)15(19)18-7-3-11(4-8-18)21-12-5-9-20-10-12/h1-2,6,11-12H,3-5,7-10H2/t12-/m1/s1. The number of nitrogens with zero attached hydrogens (tertiary/aromatic N) is 2. The minimum atomic E-state index is -0.0456. The first-order valence-corrected chi connectivity index (χ1v) is 7.75. The number of rotatable bonds is 3. The number of pyridine rings is 1. The molecule has 21 heavy (non-hydrogen) atoms. The van der Waals surface area contributed by atoms with Crippen LogP contribution >= 0.6 is 11.6 Å². The van der Waals surface area contributed by atoms with Crippen molar-refractivity contribution in [3.8, 4) is 0 Å². The molecule has 6 heteroatoms. The molecule has 3 rings (SSSR count). The molecule has 1 aromatic heterocycles. The number of carbonyl (C=O) groups excluding carboxylic acids is 1. The maximum Gasteiger partial charge on any atom is 0.256 e. The van der Waals surface area contributed by atoms with E-state index in [0.717, 1.165) is 25.9 Å². The van der Waals surface area contributed by atoms with Crippen LogP contribution in [0.25, 0.3) is 0 Å². The number of hydrogen-bond donors (Lipinski definition) is 0. The van der Waals surface area contributed by atoms with Crippen molar-refractivity contribution < 1.29 is 14.3 Å². The Morgan fingerprint density at radius 1 is 1.33 bits per heavy atom. The van der Waals surface area contributed by atoms with Crippen molar-refractivity contribution in [1.29, 1.82) is 0 Å². The third kappa shape index (κ3) is 3.54. The van der Waals surface area contributed by atoms with Gasteiger partial charge in [-0.2, -0.15) is 0 Å². The van der Waals surface area contributed by atoms with Gasteiger partial charge in [-0.3, -0.25) is 4.79 Å². The van der Waals surface area contributed by atoms with E-state index in [-0.39, 0.29) is 23.3 Å². The minimum absolute atomic E-state index is 0.0456. The summed E-state index contributed by atoms with van der Waals surface area (Å²) in [7, 11) is 0. The van der Waals surface area contributed by atoms with Gasteiger partial charge in [0.05, 0.1) is 24.4 Å². The molecule has 0 saturated carbocycles. The van der Waals surface area contributed by atoms with Crippen molar-refractivity contribution in [1.82, 2.24) is 9.88 Å². The second kappa shape index (κ2) is 6.73. The molecule has 1 amide bonds. The largest absolute Gasteiger partial charge is 0.379 e. The van der Waals surface area contributed by atoms with E-state index in [1.165, 1.54) is 0 Å². The minimum Gasteiger partial charge on any atom is -0.379 e. The molecule has 5 nitrogen and oxygen atoms in total. The van der Waals surface area contributed by atoms with Crippen molar-refractivity contribution in [2.75, 3.05) is 26.3 Å². The van der Waals surface area contributed by atoms with Gasteiger partial charge >= 0.3 is 0 Å². The van der Waals surface area contributed by atoms with E-state index in [1.807, 2.05) is 4.90 Å². The number of likely N-dealkylation sites (tertiary alicyclic amines) is 1. The topological polar surface area (TPSA) is 51.7 Å². The number of halogens is 1. The fourth-order valence-electron chi connectivity index (χ4n) is 2.80. The third-order valence-electron chi connectivity index (χ3n) is 3.99. The summed E-state index contributed by atoms with van der Waals surface area (Å²) in [5.74, 6) is -0.0456. The van der Waals surface area contributed by atoms with Crippen molar-refractivity contribution in [2.45, 2.75) is 31.5 Å². The molecular weight excluding hydrogens is 292 g/mol. The van der Waals surface area contributed by atoms with Crippen LogP contribution in [0.3, 0.4) is 0 Å². The molecule has 114 valence electrons. The maximum atomic E-state index is 12.4. The fraction of sp³-hybridized carbons (Fsp3) is 0.600. The first-order chi connectivity index (χ1) is 10.2. The normalized spacial score (nSPS) is 23.5. The first kappa shape index (κ1) is 14.8. The summed E-state index contributed by atoms with van der Waals surface area (Å²) in [6.07, 6.45) is 4.74. The van der Waals surface area contributed by atoms with E-state index in [0.29, 0.717) is 25.3 Å². The van der Waals surface area contributed by atoms with Gasteiger partial charge in [-0.25, -0.2) is 4.98 Å². The van der Waals surface area contributed by atoms with Gasteiger partial charge in [-0.1, -0.05) is 11.6 Å². The number of hydrogen-bond acceptors (Lipinski definition) is 4. The van der Waals surface area contributed by atoms with Gasteiger partial charge in [-0.15, -0.1) is 0 Å². The number of amides is 1. The summed E-state index contributed by atoms with van der Waals surface area (Å²) in [4.78, 5) is 18.2. The highest BCUT2D eigenvalue weighted by atomic mass is 35.5. The Balaban J connectivity index is 1.53. The van der Waals surface area contributed by atoms with Gasteiger partial charge < -0.3 is 14.4 Å². The van der Waals surface area contributed by atoms with Gasteiger partial charge in [-0.05, 0) is 31.4 Å². The van der Waals surface area contributed by atoms with E-state index >= 15 is 0 Å². The Bertz CT molecular complexity index is 497. The molecule has 2 saturated heterocycles. The molecule has 3 heterocycles. The zero-order valence-corrected chi connectivity index (χ0v) is 12.6. The van der Waals surface area contributed by atoms with E-state index in [9.17, 15) is 4.79 Å². The predicted molar refractivity (Wildman–Crippen MR) is 78.5 cm³/mol. The Morgan fingerprint density at radius 2 is 2.14 bits per heavy atom. The molecule has 0 spiro atoms. The van der Waals surface area contributed by atoms with Gasteiger partial charge in [0.15, 0.2) is 0 Å². The second-order valence-corrected chi connectivity index (χ2v) is 5.81. The molecule has 0 unspecified atom stereocenters. The Labute approximate surface area is 129 Å². The maximum absolute atomic E-state index is 12.4. The lowest BCUT2D eigenvalue weighted by atomic mass is 10.1. The summed E-state index contributed by atoms with van der Waals surface area (Å²) in [5.41, 5.74) is 0.475. The van der Waals surface area contributed by atoms with Crippen LogP contribution in [0.1, 0.15) is 29.6 Å². The monoisotopic (exact) mass is 310 g/mol. The average molecular weight is 311 g/mol. The Kier molecular flexibility index (Phi) is 4.73. The molecular formula is C15H19ClN2O3. The molecule has 0 aromatic carbocycles. The number of aromatic nitrogens is 1. The smallest absolute Gasteiger partial charge is 0.256 e. The zero-order valence-electron chi connectivity index (χ0n) is 11.8. The summed E-state index contributed by atoms with van der Waals surface area (Å²) in [6, 6.07) is 3.45. The Morgan fingerprint density at radius 3 is 2.81 bits per heavy atom. The van der Waals surface area contributed by atoms with Gasteiger partial charge in [0, 0.05) is 25.9 Å². The van der Waals surface area contributed by atoms with E-state index in [1.54, 1.807) is 18.3 Å². The summed E-state index contributed by atoms with van der Waals surface area (Å²) in [6.45, 7) is 2.89. The van der Waals surface area contributed by atoms with Crippen LogP contribution in [0.4, 0.5) is 0 Å². The molecule has 1 atom stereocenters. The van der Waals surface area contributed by atoms with Crippen LogP contribution in [0, 0.1) is 0 Å². The van der Waals surface area contributed by atoms with Crippen LogP contribution in [0.2, 0.25) is 5.15 Å². The lowest BCUT2D eigenvalue weighted by Crippen LogP contribution is -2.42. The van der Waals surface area contributed by atoms with Gasteiger partial charge in [0.2, 0.25) is 0 Å². The highest BCUT2D eigenvalue weighted by molar-refractivity contribution is 6.32. The number of ether oxygens (including phenoxy) is 2. The first-order valence-electron chi connectivity index (χ1n) is 7.37. The van der Waals surface area contributed by atoms with E-state index in [4.69, 9.17) is 21.1 Å². The summed E-state index contributed by atoms with van der Waals surface area (Å²) in [5, 5.41) is 0.268. The molecule has 0 aliphatic carbocycles. The molecule has 1 aromatic rings. The van der Waals surface area contributed by atoms with Crippen LogP contribution in [-0.4, -0.2) is 54.3 Å². The molecule has 0 bridgehead atoms. The molecule has 2 fully saturated rings. The number of piperidine rings is 1. The quantitative estimate of drug-likeness (QED) is 0.803. The molecule has 0 radical (unpaired) electrons. The summed E-state index contributed by atoms with van der Waals surface area (Å²) >= 11 is 5.98. The van der Waals surface area contributed by atoms with Crippen molar-refractivity contribution in [3.63, 3.8) is 0 Å². The van der Waals surface area contributed by atoms with Crippen molar-refractivity contribution in [2.24, 2.45) is 0 Å². The van der Waals surface area contributed by atoms with Gasteiger partial charge in [0.25, 0.3) is 5.91 Å². The highest BCUT2D eigenvalue weighted by Crippen LogP contribution is 2.21. The predicted octanol–water partition coefficient (Wildman–Crippen LogP) is 2.15. The van der Waals surface area contributed by atoms with E-state index in [2.05, 4.69) is 4.98 Å². The van der Waals surface area contributed by atoms with Crippen LogP contribution in [0.5, 0.6) is 0 Å². The fourth-order valence-corrected chi connectivity index (χ4v) is 3.00. The SMILES string of the molecule is O=C(c1cccnc1Cl)N1CCC(O[C@@H]2CCOC2)CC1. The third-order valence-corrected chi connectivity index (χ3v) is 4.29. The van der Waals surface area contributed by atoms with Crippen LogP contribution in [-0.2, 0) is 9.47 Å². The van der Waals surface area contributed by atoms with Crippen LogP contribution in [0.15, 0.2) is 18.3 Å². The van der Waals surface area contributed by atoms with Crippen LogP contribution < -0.4 is 0 Å². The van der Waals surface area contributed by atoms with Gasteiger partial charge in [0.1, 0.15) is 5.15 Å². The van der Waals surface area contributed by atoms with Crippen molar-refractivity contribution >= 4 is 17.5 Å². The van der Waals surface area contributed by atoms with Crippen molar-refractivity contribution in [3.05, 3.63) is 29.0 Å². The lowest BCUT2D eigenvalue weighted by molar-refractivity contribution is -0.0408.